The summed E-state index contributed by atoms with van der Waals surface area (Å²) in [5, 5.41) is 31.5. The molecule has 1 aliphatic rings. The number of carbonyl (C=O) groups is 4. The topological polar surface area (TPSA) is 175 Å². The summed E-state index contributed by atoms with van der Waals surface area (Å²) in [6.07, 6.45) is 65.5. The standard InChI is InChI=1S/C69H108O12/c1-4-7-10-13-16-19-22-25-27-29-31-33-35-38-40-43-46-49-52-55-61(70)77-58-60(79-62(71)56-53-50-47-44-41-37-24-21-18-15-12-9-6-3)59-78-69-67(65(74)64(73)66(81-69)68(75)76)80-63(72)57-54-51-48-45-42-39-36-34-32-30-28-26-23-20-17-14-11-8-5-2/h8-9,11-12,16-21,25-28,31-34,37,39,41-42,60,64-67,69,73-74H,4-7,10,13-15,22-24,29-30,35-36,38,40,43-59H2,1-3H3,(H,75,76)/b11-8-,12-9-,19-16-,20-17-,21-18-,27-25-,28-26-,33-31-,34-32-,41-37-,42-39-. The van der Waals surface area contributed by atoms with Crippen molar-refractivity contribution in [1.29, 1.82) is 0 Å². The van der Waals surface area contributed by atoms with Crippen LogP contribution in [0.25, 0.3) is 0 Å². The van der Waals surface area contributed by atoms with Gasteiger partial charge in [0.25, 0.3) is 0 Å². The minimum absolute atomic E-state index is 0.00885. The van der Waals surface area contributed by atoms with Gasteiger partial charge in [-0.1, -0.05) is 206 Å². The summed E-state index contributed by atoms with van der Waals surface area (Å²) in [4.78, 5) is 51.2. The van der Waals surface area contributed by atoms with Crippen LogP contribution in [-0.2, 0) is 42.9 Å². The van der Waals surface area contributed by atoms with Crippen molar-refractivity contribution in [3.63, 3.8) is 0 Å². The zero-order valence-corrected chi connectivity index (χ0v) is 50.2. The Morgan fingerprint density at radius 3 is 1.20 bits per heavy atom. The fourth-order valence-electron chi connectivity index (χ4n) is 8.47. The number of ether oxygens (including phenoxy) is 5. The fourth-order valence-corrected chi connectivity index (χ4v) is 8.47. The van der Waals surface area contributed by atoms with Crippen molar-refractivity contribution in [3.05, 3.63) is 134 Å². The molecule has 0 bridgehead atoms. The lowest BCUT2D eigenvalue weighted by molar-refractivity contribution is -0.301. The van der Waals surface area contributed by atoms with Crippen molar-refractivity contribution in [3.8, 4) is 0 Å². The Bertz CT molecular complexity index is 1920. The molecule has 3 N–H and O–H groups in total. The summed E-state index contributed by atoms with van der Waals surface area (Å²) < 4.78 is 28.4. The number of aliphatic carboxylic acids is 1. The first-order valence-corrected chi connectivity index (χ1v) is 31.2. The van der Waals surface area contributed by atoms with Crippen LogP contribution in [-0.4, -0.2) is 89.2 Å². The van der Waals surface area contributed by atoms with Crippen molar-refractivity contribution >= 4 is 23.9 Å². The first kappa shape index (κ1) is 73.9. The highest BCUT2D eigenvalue weighted by Crippen LogP contribution is 2.26. The third kappa shape index (κ3) is 45.1. The van der Waals surface area contributed by atoms with Gasteiger partial charge in [0.15, 0.2) is 24.6 Å². The van der Waals surface area contributed by atoms with E-state index in [1.54, 1.807) is 0 Å². The fraction of sp³-hybridized carbons (Fsp3) is 0.623. The zero-order chi connectivity index (χ0) is 58.9. The predicted molar refractivity (Wildman–Crippen MR) is 330 cm³/mol. The van der Waals surface area contributed by atoms with Gasteiger partial charge < -0.3 is 39.0 Å². The molecular formula is C69H108O12. The molecule has 0 spiro atoms. The van der Waals surface area contributed by atoms with Gasteiger partial charge in [-0.15, -0.1) is 0 Å². The van der Waals surface area contributed by atoms with Crippen LogP contribution >= 0.6 is 0 Å². The van der Waals surface area contributed by atoms with Crippen molar-refractivity contribution in [1.82, 2.24) is 0 Å². The number of unbranched alkanes of at least 4 members (excludes halogenated alkanes) is 15. The Morgan fingerprint density at radius 2 is 0.778 bits per heavy atom. The number of carboxylic acid groups (broad SMARTS) is 1. The number of esters is 3. The van der Waals surface area contributed by atoms with Crippen LogP contribution in [0.4, 0.5) is 0 Å². The highest BCUT2D eigenvalue weighted by molar-refractivity contribution is 5.74. The number of hydrogen-bond acceptors (Lipinski definition) is 11. The van der Waals surface area contributed by atoms with Gasteiger partial charge in [0.1, 0.15) is 18.8 Å². The maximum Gasteiger partial charge on any atom is 0.335 e. The molecule has 6 unspecified atom stereocenters. The molecule has 1 saturated heterocycles. The van der Waals surface area contributed by atoms with Crippen molar-refractivity contribution in [2.45, 2.75) is 263 Å². The van der Waals surface area contributed by atoms with Gasteiger partial charge in [0, 0.05) is 19.3 Å². The lowest BCUT2D eigenvalue weighted by Gasteiger charge is -2.40. The smallest absolute Gasteiger partial charge is 0.335 e. The molecule has 1 rings (SSSR count). The molecule has 0 amide bonds. The molecule has 0 aromatic heterocycles. The average molecular weight is 1130 g/mol. The quantitative estimate of drug-likeness (QED) is 0.0228. The molecule has 0 radical (unpaired) electrons. The van der Waals surface area contributed by atoms with Crippen LogP contribution in [0, 0.1) is 0 Å². The second-order valence-electron chi connectivity index (χ2n) is 20.6. The molecule has 1 heterocycles. The number of carbonyl (C=O) groups excluding carboxylic acids is 3. The van der Waals surface area contributed by atoms with Gasteiger partial charge in [-0.05, 0) is 135 Å². The molecule has 1 fully saturated rings. The lowest BCUT2D eigenvalue weighted by Crippen LogP contribution is -2.61. The number of aliphatic hydroxyl groups is 2. The molecule has 1 aliphatic heterocycles. The molecule has 81 heavy (non-hydrogen) atoms. The van der Waals surface area contributed by atoms with E-state index >= 15 is 0 Å². The van der Waals surface area contributed by atoms with Gasteiger partial charge in [-0.3, -0.25) is 14.4 Å². The van der Waals surface area contributed by atoms with E-state index in [0.29, 0.717) is 19.3 Å². The maximum atomic E-state index is 13.1. The first-order valence-electron chi connectivity index (χ1n) is 31.2. The molecule has 456 valence electrons. The van der Waals surface area contributed by atoms with E-state index < -0.39 is 67.3 Å². The summed E-state index contributed by atoms with van der Waals surface area (Å²) in [7, 11) is 0. The van der Waals surface area contributed by atoms with E-state index in [0.717, 1.165) is 141 Å². The highest BCUT2D eigenvalue weighted by atomic mass is 16.7. The summed E-state index contributed by atoms with van der Waals surface area (Å²) in [5.74, 6) is -3.24. The van der Waals surface area contributed by atoms with Crippen LogP contribution in [0.15, 0.2) is 134 Å². The Hall–Kier alpha value is -5.14. The second-order valence-corrected chi connectivity index (χ2v) is 20.6. The van der Waals surface area contributed by atoms with Gasteiger partial charge >= 0.3 is 23.9 Å². The summed E-state index contributed by atoms with van der Waals surface area (Å²) in [6.45, 7) is 5.68. The van der Waals surface area contributed by atoms with E-state index in [-0.39, 0.29) is 25.9 Å². The molecular weight excluding hydrogens is 1020 g/mol. The highest BCUT2D eigenvalue weighted by Gasteiger charge is 2.50. The van der Waals surface area contributed by atoms with Crippen LogP contribution in [0.5, 0.6) is 0 Å². The Balaban J connectivity index is 2.71. The molecule has 12 nitrogen and oxygen atoms in total. The van der Waals surface area contributed by atoms with Crippen LogP contribution in [0.3, 0.4) is 0 Å². The van der Waals surface area contributed by atoms with Gasteiger partial charge in [0.05, 0.1) is 6.61 Å². The number of rotatable bonds is 51. The van der Waals surface area contributed by atoms with Crippen molar-refractivity contribution in [2.24, 2.45) is 0 Å². The average Bonchev–Trinajstić information content (AvgIpc) is 3.54. The molecule has 0 saturated carbocycles. The third-order valence-electron chi connectivity index (χ3n) is 13.2. The second kappa shape index (κ2) is 55.4. The lowest BCUT2D eigenvalue weighted by atomic mass is 9.98. The molecule has 0 aliphatic carbocycles. The van der Waals surface area contributed by atoms with Gasteiger partial charge in [-0.25, -0.2) is 4.79 Å². The molecule has 0 aromatic carbocycles. The van der Waals surface area contributed by atoms with Gasteiger partial charge in [-0.2, -0.15) is 0 Å². The van der Waals surface area contributed by atoms with E-state index in [1.165, 1.54) is 25.7 Å². The third-order valence-corrected chi connectivity index (χ3v) is 13.2. The van der Waals surface area contributed by atoms with Crippen LogP contribution in [0.2, 0.25) is 0 Å². The Labute approximate surface area is 490 Å². The van der Waals surface area contributed by atoms with Gasteiger partial charge in [0.2, 0.25) is 0 Å². The predicted octanol–water partition coefficient (Wildman–Crippen LogP) is 16.6. The van der Waals surface area contributed by atoms with Crippen LogP contribution in [0.1, 0.15) is 226 Å². The minimum atomic E-state index is -1.93. The normalized spacial score (nSPS) is 18.7. The van der Waals surface area contributed by atoms with E-state index in [4.69, 9.17) is 23.7 Å². The van der Waals surface area contributed by atoms with E-state index in [9.17, 15) is 34.5 Å². The minimum Gasteiger partial charge on any atom is -0.479 e. The number of aliphatic hydroxyl groups excluding tert-OH is 2. The van der Waals surface area contributed by atoms with Crippen molar-refractivity contribution < 1.29 is 58.2 Å². The molecule has 6 atom stereocenters. The monoisotopic (exact) mass is 1130 g/mol. The zero-order valence-electron chi connectivity index (χ0n) is 50.2. The summed E-state index contributed by atoms with van der Waals surface area (Å²) >= 11 is 0. The molecule has 12 heteroatoms. The maximum absolute atomic E-state index is 13.1. The van der Waals surface area contributed by atoms with Crippen LogP contribution < -0.4 is 0 Å². The van der Waals surface area contributed by atoms with E-state index in [1.807, 2.05) is 0 Å². The molecule has 0 aromatic rings. The Kier molecular flexibility index (Phi) is 50.5. The largest absolute Gasteiger partial charge is 0.479 e. The Morgan fingerprint density at radius 1 is 0.420 bits per heavy atom. The summed E-state index contributed by atoms with van der Waals surface area (Å²) in [5.41, 5.74) is 0. The number of carboxylic acids is 1. The summed E-state index contributed by atoms with van der Waals surface area (Å²) in [6, 6.07) is 0. The number of hydrogen-bond donors (Lipinski definition) is 3. The number of allylic oxidation sites excluding steroid dienone is 22. The van der Waals surface area contributed by atoms with E-state index in [2.05, 4.69) is 154 Å². The first-order chi connectivity index (χ1) is 39.6. The van der Waals surface area contributed by atoms with Crippen molar-refractivity contribution in [2.75, 3.05) is 13.2 Å². The SMILES string of the molecule is CC/C=C\C/C=C\C/C=C\C/C=C\C/C=C\CCCCCC(=O)OC1C(OCC(COC(=O)CCCCCCCC/C=C\C/C=C\C/C=C\CCCCC)OC(=O)CCCCC/C=C\C/C=C\C/C=C\CC)OC(C(=O)O)C(O)C1O.